The molecular weight excluding hydrogens is 376 g/mol. The van der Waals surface area contributed by atoms with E-state index in [1.54, 1.807) is 7.11 Å². The summed E-state index contributed by atoms with van der Waals surface area (Å²) in [5, 5.41) is 11.3. The van der Waals surface area contributed by atoms with Gasteiger partial charge in [0, 0.05) is 17.9 Å². The molecule has 0 aromatic heterocycles. The van der Waals surface area contributed by atoms with E-state index in [0.29, 0.717) is 6.61 Å². The molecule has 1 N–H and O–H groups in total. The van der Waals surface area contributed by atoms with Crippen molar-refractivity contribution in [1.29, 1.82) is 0 Å². The quantitative estimate of drug-likeness (QED) is 0.298. The molecule has 4 nitrogen and oxygen atoms in total. The van der Waals surface area contributed by atoms with Gasteiger partial charge < -0.3 is 19.3 Å². The first-order valence-electron chi connectivity index (χ1n) is 11.7. The normalized spacial score (nSPS) is 12.2. The third kappa shape index (κ3) is 8.53. The lowest BCUT2D eigenvalue weighted by Gasteiger charge is -2.16. The Bertz CT molecular complexity index is 696. The highest BCUT2D eigenvalue weighted by atomic mass is 16.5. The fourth-order valence-electron chi connectivity index (χ4n) is 3.65. The third-order valence-corrected chi connectivity index (χ3v) is 5.56. The maximum Gasteiger partial charge on any atom is 0.127 e. The standard InChI is InChI=1S/C26H40O4/c1-3-4-5-6-7-8-9-10-11-14-19-29-25-17-18-26(30-21-22(20-27)28-2)24-16-13-12-15-23(24)25/h12-13,15-18,22,27H,3-11,14,19-21H2,1-2H3. The monoisotopic (exact) mass is 416 g/mol. The van der Waals surface area contributed by atoms with Gasteiger partial charge in [0.2, 0.25) is 0 Å². The molecule has 0 bridgehead atoms. The largest absolute Gasteiger partial charge is 0.493 e. The van der Waals surface area contributed by atoms with E-state index in [1.165, 1.54) is 57.8 Å². The van der Waals surface area contributed by atoms with E-state index in [1.807, 2.05) is 30.3 Å². The molecule has 2 aromatic carbocycles. The van der Waals surface area contributed by atoms with Gasteiger partial charge in [-0.15, -0.1) is 0 Å². The first-order chi connectivity index (χ1) is 14.8. The van der Waals surface area contributed by atoms with Crippen molar-refractivity contribution in [3.05, 3.63) is 36.4 Å². The minimum Gasteiger partial charge on any atom is -0.493 e. The van der Waals surface area contributed by atoms with E-state index in [0.717, 1.165) is 35.3 Å². The number of methoxy groups -OCH3 is 1. The Morgan fingerprint density at radius 3 is 1.80 bits per heavy atom. The smallest absolute Gasteiger partial charge is 0.127 e. The lowest BCUT2D eigenvalue weighted by Crippen LogP contribution is -2.24. The highest BCUT2D eigenvalue weighted by molar-refractivity contribution is 5.93. The van der Waals surface area contributed by atoms with Gasteiger partial charge in [0.15, 0.2) is 0 Å². The molecule has 0 saturated carbocycles. The summed E-state index contributed by atoms with van der Waals surface area (Å²) in [4.78, 5) is 0. The molecule has 2 rings (SSSR count). The van der Waals surface area contributed by atoms with Crippen LogP contribution < -0.4 is 9.47 Å². The molecule has 0 aliphatic carbocycles. The average molecular weight is 417 g/mol. The molecule has 168 valence electrons. The zero-order valence-electron chi connectivity index (χ0n) is 18.9. The lowest BCUT2D eigenvalue weighted by molar-refractivity contribution is 0.0167. The predicted molar refractivity (Wildman–Crippen MR) is 125 cm³/mol. The number of aliphatic hydroxyl groups is 1. The van der Waals surface area contributed by atoms with E-state index in [2.05, 4.69) is 13.0 Å². The molecule has 1 unspecified atom stereocenters. The summed E-state index contributed by atoms with van der Waals surface area (Å²) in [5.41, 5.74) is 0. The third-order valence-electron chi connectivity index (χ3n) is 5.56. The highest BCUT2D eigenvalue weighted by Gasteiger charge is 2.11. The van der Waals surface area contributed by atoms with Gasteiger partial charge in [-0.05, 0) is 18.6 Å². The summed E-state index contributed by atoms with van der Waals surface area (Å²) in [6.45, 7) is 3.27. The van der Waals surface area contributed by atoms with Crippen LogP contribution >= 0.6 is 0 Å². The van der Waals surface area contributed by atoms with Crippen molar-refractivity contribution >= 4 is 10.8 Å². The van der Waals surface area contributed by atoms with Gasteiger partial charge in [-0.25, -0.2) is 0 Å². The summed E-state index contributed by atoms with van der Waals surface area (Å²) in [6.07, 6.45) is 12.9. The van der Waals surface area contributed by atoms with Crippen LogP contribution in [0.15, 0.2) is 36.4 Å². The van der Waals surface area contributed by atoms with Crippen molar-refractivity contribution in [2.45, 2.75) is 77.2 Å². The molecule has 1 atom stereocenters. The molecule has 0 spiro atoms. The van der Waals surface area contributed by atoms with Gasteiger partial charge >= 0.3 is 0 Å². The zero-order valence-corrected chi connectivity index (χ0v) is 18.9. The molecule has 0 radical (unpaired) electrons. The zero-order chi connectivity index (χ0) is 21.4. The molecule has 0 aliphatic rings. The van der Waals surface area contributed by atoms with Gasteiger partial charge in [-0.1, -0.05) is 89.0 Å². The number of fused-ring (bicyclic) bond motifs is 1. The van der Waals surface area contributed by atoms with E-state index < -0.39 is 0 Å². The number of aliphatic hydroxyl groups excluding tert-OH is 1. The fraction of sp³-hybridized carbons (Fsp3) is 0.615. The second-order valence-electron chi connectivity index (χ2n) is 7.99. The van der Waals surface area contributed by atoms with Gasteiger partial charge in [0.05, 0.1) is 13.2 Å². The Hall–Kier alpha value is -1.78. The van der Waals surface area contributed by atoms with E-state index in [9.17, 15) is 5.11 Å². The molecule has 0 fully saturated rings. The Kier molecular flexibility index (Phi) is 12.3. The van der Waals surface area contributed by atoms with Crippen LogP contribution in [-0.4, -0.2) is 38.1 Å². The number of ether oxygens (including phenoxy) is 3. The summed E-state index contributed by atoms with van der Waals surface area (Å²) in [7, 11) is 1.58. The summed E-state index contributed by atoms with van der Waals surface area (Å²) in [5.74, 6) is 1.69. The van der Waals surface area contributed by atoms with Crippen LogP contribution in [0.4, 0.5) is 0 Å². The van der Waals surface area contributed by atoms with Gasteiger partial charge in [0.25, 0.3) is 0 Å². The Balaban J connectivity index is 1.74. The van der Waals surface area contributed by atoms with Crippen molar-refractivity contribution in [2.75, 3.05) is 26.9 Å². The van der Waals surface area contributed by atoms with Gasteiger partial charge in [-0.2, -0.15) is 0 Å². The summed E-state index contributed by atoms with van der Waals surface area (Å²) >= 11 is 0. The van der Waals surface area contributed by atoms with Crippen LogP contribution in [0.3, 0.4) is 0 Å². The Labute approximate surface area is 182 Å². The number of hydrogen-bond acceptors (Lipinski definition) is 4. The maximum atomic E-state index is 9.27. The molecular formula is C26H40O4. The SMILES string of the molecule is CCCCCCCCCCCCOc1ccc(OCC(CO)OC)c2ccccc12. The molecule has 0 amide bonds. The topological polar surface area (TPSA) is 47.9 Å². The predicted octanol–water partition coefficient (Wildman–Crippen LogP) is 6.53. The lowest BCUT2D eigenvalue weighted by atomic mass is 10.1. The van der Waals surface area contributed by atoms with Crippen LogP contribution in [0, 0.1) is 0 Å². The number of hydrogen-bond donors (Lipinski definition) is 1. The first kappa shape index (κ1) is 24.5. The van der Waals surface area contributed by atoms with Crippen molar-refractivity contribution in [3.8, 4) is 11.5 Å². The first-order valence-corrected chi connectivity index (χ1v) is 11.7. The fourth-order valence-corrected chi connectivity index (χ4v) is 3.65. The number of unbranched alkanes of at least 4 members (excludes halogenated alkanes) is 9. The molecule has 30 heavy (non-hydrogen) atoms. The molecule has 0 aliphatic heterocycles. The van der Waals surface area contributed by atoms with Gasteiger partial charge in [-0.3, -0.25) is 0 Å². The van der Waals surface area contributed by atoms with Crippen LogP contribution in [0.2, 0.25) is 0 Å². The van der Waals surface area contributed by atoms with Gasteiger partial charge in [0.1, 0.15) is 24.2 Å². The maximum absolute atomic E-state index is 9.27. The molecule has 4 heteroatoms. The van der Waals surface area contributed by atoms with Crippen molar-refractivity contribution in [1.82, 2.24) is 0 Å². The van der Waals surface area contributed by atoms with Crippen LogP contribution in [0.25, 0.3) is 10.8 Å². The molecule has 2 aromatic rings. The molecule has 0 heterocycles. The van der Waals surface area contributed by atoms with Crippen molar-refractivity contribution < 1.29 is 19.3 Å². The van der Waals surface area contributed by atoms with Crippen molar-refractivity contribution in [2.24, 2.45) is 0 Å². The van der Waals surface area contributed by atoms with Crippen LogP contribution in [0.1, 0.15) is 71.1 Å². The second-order valence-corrected chi connectivity index (χ2v) is 7.99. The van der Waals surface area contributed by atoms with E-state index in [-0.39, 0.29) is 12.7 Å². The van der Waals surface area contributed by atoms with Crippen molar-refractivity contribution in [3.63, 3.8) is 0 Å². The van der Waals surface area contributed by atoms with E-state index in [4.69, 9.17) is 14.2 Å². The Morgan fingerprint density at radius 2 is 1.27 bits per heavy atom. The van der Waals surface area contributed by atoms with E-state index >= 15 is 0 Å². The minimum absolute atomic E-state index is 0.0610. The number of benzene rings is 2. The second kappa shape index (κ2) is 15.1. The Morgan fingerprint density at radius 1 is 0.733 bits per heavy atom. The van der Waals surface area contributed by atoms with Crippen LogP contribution in [0.5, 0.6) is 11.5 Å². The molecule has 0 saturated heterocycles. The number of rotatable bonds is 17. The minimum atomic E-state index is -0.323. The summed E-state index contributed by atoms with van der Waals surface area (Å²) < 4.78 is 17.2. The highest BCUT2D eigenvalue weighted by Crippen LogP contribution is 2.33. The van der Waals surface area contributed by atoms with Crippen LogP contribution in [-0.2, 0) is 4.74 Å². The average Bonchev–Trinajstić information content (AvgIpc) is 2.79. The summed E-state index contributed by atoms with van der Waals surface area (Å²) in [6, 6.07) is 12.1.